The Bertz CT molecular complexity index is 884. The van der Waals surface area contributed by atoms with E-state index in [-0.39, 0.29) is 5.91 Å². The van der Waals surface area contributed by atoms with E-state index < -0.39 is 0 Å². The number of carbonyl (C=O) groups is 1. The molecule has 0 unspecified atom stereocenters. The molecule has 3 rings (SSSR count). The molecule has 1 aromatic heterocycles. The fraction of sp³-hybridized carbons (Fsp3) is 0.0500. The number of hydrogen-bond donors (Lipinski definition) is 1. The molecule has 0 aliphatic carbocycles. The van der Waals surface area contributed by atoms with Gasteiger partial charge in [0.15, 0.2) is 0 Å². The van der Waals surface area contributed by atoms with Crippen molar-refractivity contribution < 1.29 is 4.79 Å². The van der Waals surface area contributed by atoms with Crippen molar-refractivity contribution in [1.82, 2.24) is 0 Å². The highest BCUT2D eigenvalue weighted by Crippen LogP contribution is 2.28. The minimum atomic E-state index is -0.176. The summed E-state index contributed by atoms with van der Waals surface area (Å²) in [5.41, 5.74) is 2.86. The molecule has 24 heavy (non-hydrogen) atoms. The Hall–Kier alpha value is -2.36. The van der Waals surface area contributed by atoms with E-state index in [4.69, 9.17) is 11.6 Å². The van der Waals surface area contributed by atoms with Crippen molar-refractivity contribution in [1.29, 1.82) is 0 Å². The van der Waals surface area contributed by atoms with E-state index in [2.05, 4.69) is 23.5 Å². The molecule has 1 N–H and O–H groups in total. The Morgan fingerprint density at radius 3 is 2.62 bits per heavy atom. The number of anilines is 1. The Morgan fingerprint density at radius 1 is 1.08 bits per heavy atom. The smallest absolute Gasteiger partial charge is 0.248 e. The molecule has 3 aromatic rings. The first-order chi connectivity index (χ1) is 11.6. The van der Waals surface area contributed by atoms with Crippen LogP contribution in [0.2, 0.25) is 5.02 Å². The van der Waals surface area contributed by atoms with E-state index in [0.717, 1.165) is 10.4 Å². The summed E-state index contributed by atoms with van der Waals surface area (Å²) in [5, 5.41) is 3.45. The normalized spacial score (nSPS) is 10.9. The number of benzene rings is 2. The number of rotatable bonds is 4. The molecule has 1 heterocycles. The molecule has 4 heteroatoms. The average Bonchev–Trinajstić information content (AvgIpc) is 3.06. The van der Waals surface area contributed by atoms with Crippen LogP contribution in [0, 0.1) is 6.92 Å². The third-order valence-electron chi connectivity index (χ3n) is 3.52. The highest BCUT2D eigenvalue weighted by molar-refractivity contribution is 7.16. The highest BCUT2D eigenvalue weighted by atomic mass is 35.5. The van der Waals surface area contributed by atoms with Crippen LogP contribution in [0.25, 0.3) is 16.5 Å². The van der Waals surface area contributed by atoms with E-state index in [1.165, 1.54) is 16.5 Å². The monoisotopic (exact) mass is 353 g/mol. The first-order valence-electron chi connectivity index (χ1n) is 7.52. The van der Waals surface area contributed by atoms with Crippen molar-refractivity contribution in [2.24, 2.45) is 0 Å². The molecule has 0 spiro atoms. The van der Waals surface area contributed by atoms with Crippen molar-refractivity contribution in [3.8, 4) is 10.4 Å². The molecule has 2 aromatic carbocycles. The second-order valence-electron chi connectivity index (χ2n) is 5.35. The first-order valence-corrected chi connectivity index (χ1v) is 8.72. The molecule has 120 valence electrons. The minimum absolute atomic E-state index is 0.176. The van der Waals surface area contributed by atoms with Gasteiger partial charge in [0.05, 0.1) is 0 Å². The van der Waals surface area contributed by atoms with Crippen LogP contribution < -0.4 is 5.32 Å². The molecule has 2 nitrogen and oxygen atoms in total. The van der Waals surface area contributed by atoms with Gasteiger partial charge in [-0.05, 0) is 48.4 Å². The lowest BCUT2D eigenvalue weighted by molar-refractivity contribution is -0.111. The average molecular weight is 354 g/mol. The number of carbonyl (C=O) groups excluding carboxylic acids is 1. The standard InChI is InChI=1S/C20H16ClNOS/c1-14-7-8-16(13-18(14)21)22-20(23)12-10-17-9-11-19(24-17)15-5-3-2-4-6-15/h2-13H,1H3,(H,22,23)/b12-10+. The maximum absolute atomic E-state index is 12.0. The number of hydrogen-bond acceptors (Lipinski definition) is 2. The van der Waals surface area contributed by atoms with Crippen molar-refractivity contribution in [2.75, 3.05) is 5.32 Å². The second kappa shape index (κ2) is 7.47. The summed E-state index contributed by atoms with van der Waals surface area (Å²) < 4.78 is 0. The van der Waals surface area contributed by atoms with Gasteiger partial charge in [0.1, 0.15) is 0 Å². The number of nitrogens with one attached hydrogen (secondary N) is 1. The van der Waals surface area contributed by atoms with Gasteiger partial charge >= 0.3 is 0 Å². The van der Waals surface area contributed by atoms with Crippen molar-refractivity contribution in [3.63, 3.8) is 0 Å². The molecule has 0 saturated carbocycles. The zero-order chi connectivity index (χ0) is 16.9. The first kappa shape index (κ1) is 16.5. The summed E-state index contributed by atoms with van der Waals surface area (Å²) in [6.07, 6.45) is 3.36. The quantitative estimate of drug-likeness (QED) is 0.570. The highest BCUT2D eigenvalue weighted by Gasteiger charge is 2.03. The van der Waals surface area contributed by atoms with Gasteiger partial charge in [-0.3, -0.25) is 4.79 Å². The van der Waals surface area contributed by atoms with Crippen LogP contribution in [-0.2, 0) is 4.79 Å². The van der Waals surface area contributed by atoms with Gasteiger partial charge in [0.25, 0.3) is 0 Å². The molecule has 0 bridgehead atoms. The van der Waals surface area contributed by atoms with Gasteiger partial charge in [0, 0.05) is 26.5 Å². The molecule has 0 aliphatic rings. The van der Waals surface area contributed by atoms with E-state index in [1.54, 1.807) is 17.4 Å². The summed E-state index contributed by atoms with van der Waals surface area (Å²) in [6.45, 7) is 1.93. The maximum atomic E-state index is 12.0. The molecule has 0 atom stereocenters. The molecule has 1 amide bonds. The van der Waals surface area contributed by atoms with E-state index >= 15 is 0 Å². The summed E-state index contributed by atoms with van der Waals surface area (Å²) in [4.78, 5) is 14.2. The lowest BCUT2D eigenvalue weighted by atomic mass is 10.2. The predicted octanol–water partition coefficient (Wildman–Crippen LogP) is 6.03. The zero-order valence-electron chi connectivity index (χ0n) is 13.1. The van der Waals surface area contributed by atoms with Crippen molar-refractivity contribution in [2.45, 2.75) is 6.92 Å². The Labute approximate surface area is 150 Å². The van der Waals surface area contributed by atoms with Crippen LogP contribution in [0.15, 0.2) is 66.7 Å². The van der Waals surface area contributed by atoms with E-state index in [1.807, 2.05) is 49.4 Å². The summed E-state index contributed by atoms with van der Waals surface area (Å²) >= 11 is 7.71. The third-order valence-corrected chi connectivity index (χ3v) is 5.03. The van der Waals surface area contributed by atoms with E-state index in [0.29, 0.717) is 10.7 Å². The second-order valence-corrected chi connectivity index (χ2v) is 6.88. The fourth-order valence-electron chi connectivity index (χ4n) is 2.21. The van der Waals surface area contributed by atoms with Crippen LogP contribution in [0.4, 0.5) is 5.69 Å². The van der Waals surface area contributed by atoms with Gasteiger partial charge in [-0.15, -0.1) is 11.3 Å². The van der Waals surface area contributed by atoms with E-state index in [9.17, 15) is 4.79 Å². The minimum Gasteiger partial charge on any atom is -0.322 e. The van der Waals surface area contributed by atoms with Crippen molar-refractivity contribution in [3.05, 3.63) is 82.2 Å². The molecular formula is C20H16ClNOS. The zero-order valence-corrected chi connectivity index (χ0v) is 14.7. The van der Waals surface area contributed by atoms with Gasteiger partial charge < -0.3 is 5.32 Å². The number of thiophene rings is 1. The van der Waals surface area contributed by atoms with Crippen LogP contribution in [0.1, 0.15) is 10.4 Å². The van der Waals surface area contributed by atoms with Crippen LogP contribution in [0.3, 0.4) is 0 Å². The molecule has 0 saturated heterocycles. The lowest BCUT2D eigenvalue weighted by Gasteiger charge is -2.04. The van der Waals surface area contributed by atoms with Crippen molar-refractivity contribution >= 4 is 40.6 Å². The number of amides is 1. The van der Waals surface area contributed by atoms with Gasteiger partial charge in [-0.1, -0.05) is 48.0 Å². The maximum Gasteiger partial charge on any atom is 0.248 e. The number of aryl methyl sites for hydroxylation is 1. The van der Waals surface area contributed by atoms with Gasteiger partial charge in [0.2, 0.25) is 5.91 Å². The molecule has 0 aliphatic heterocycles. The predicted molar refractivity (Wildman–Crippen MR) is 104 cm³/mol. The lowest BCUT2D eigenvalue weighted by Crippen LogP contribution is -2.07. The number of halogens is 1. The third kappa shape index (κ3) is 4.13. The SMILES string of the molecule is Cc1ccc(NC(=O)/C=C/c2ccc(-c3ccccc3)s2)cc1Cl. The largest absolute Gasteiger partial charge is 0.322 e. The fourth-order valence-corrected chi connectivity index (χ4v) is 3.31. The Balaban J connectivity index is 1.66. The topological polar surface area (TPSA) is 29.1 Å². The Kier molecular flexibility index (Phi) is 5.14. The summed E-state index contributed by atoms with van der Waals surface area (Å²) in [6, 6.07) is 19.7. The molecular weight excluding hydrogens is 338 g/mol. The van der Waals surface area contributed by atoms with Crippen LogP contribution in [-0.4, -0.2) is 5.91 Å². The van der Waals surface area contributed by atoms with Gasteiger partial charge in [-0.2, -0.15) is 0 Å². The summed E-state index contributed by atoms with van der Waals surface area (Å²) in [5.74, 6) is -0.176. The molecule has 0 radical (unpaired) electrons. The van der Waals surface area contributed by atoms with Crippen LogP contribution in [0.5, 0.6) is 0 Å². The summed E-state index contributed by atoms with van der Waals surface area (Å²) in [7, 11) is 0. The van der Waals surface area contributed by atoms with Gasteiger partial charge in [-0.25, -0.2) is 0 Å². The Morgan fingerprint density at radius 2 is 1.88 bits per heavy atom. The molecule has 0 fully saturated rings. The van der Waals surface area contributed by atoms with Crippen LogP contribution >= 0.6 is 22.9 Å².